The molecule has 0 aliphatic carbocycles. The van der Waals surface area contributed by atoms with Gasteiger partial charge < -0.3 is 11.1 Å². The molecule has 0 fully saturated rings. The van der Waals surface area contributed by atoms with E-state index >= 15 is 0 Å². The molecular weight excluding hydrogens is 271 g/mol. The summed E-state index contributed by atoms with van der Waals surface area (Å²) < 4.78 is 37.9. The maximum absolute atomic E-state index is 12.6. The van der Waals surface area contributed by atoms with Gasteiger partial charge in [0.15, 0.2) is 0 Å². The number of alkyl halides is 3. The van der Waals surface area contributed by atoms with Crippen molar-refractivity contribution in [3.05, 3.63) is 41.3 Å². The molecule has 0 atom stereocenters. The van der Waals surface area contributed by atoms with Crippen LogP contribution in [-0.2, 0) is 12.7 Å². The zero-order chi connectivity index (χ0) is 14.8. The van der Waals surface area contributed by atoms with Crippen LogP contribution >= 0.6 is 0 Å². The predicted octanol–water partition coefficient (Wildman–Crippen LogP) is 2.39. The fourth-order valence-corrected chi connectivity index (χ4v) is 1.56. The van der Waals surface area contributed by atoms with Crippen LogP contribution in [0.2, 0.25) is 0 Å². The number of aromatic nitrogens is 3. The Morgan fingerprint density at radius 2 is 1.95 bits per heavy atom. The second-order valence-corrected chi connectivity index (χ2v) is 4.12. The molecule has 2 aromatic rings. The summed E-state index contributed by atoms with van der Waals surface area (Å²) in [5.41, 5.74) is 5.35. The van der Waals surface area contributed by atoms with Crippen molar-refractivity contribution >= 4 is 11.8 Å². The van der Waals surface area contributed by atoms with Gasteiger partial charge in [-0.1, -0.05) is 6.07 Å². The summed E-state index contributed by atoms with van der Waals surface area (Å²) in [5, 5.41) is 2.70. The maximum atomic E-state index is 12.6. The lowest BCUT2D eigenvalue weighted by atomic mass is 10.3. The zero-order valence-corrected chi connectivity index (χ0v) is 10.6. The van der Waals surface area contributed by atoms with Crippen LogP contribution in [0.3, 0.4) is 0 Å². The number of nitrogens with two attached hydrogens (primary N) is 1. The van der Waals surface area contributed by atoms with E-state index in [0.29, 0.717) is 11.5 Å². The Bertz CT molecular complexity index is 612. The van der Waals surface area contributed by atoms with Gasteiger partial charge in [0.25, 0.3) is 0 Å². The fraction of sp³-hybridized carbons (Fsp3) is 0.250. The Morgan fingerprint density at radius 3 is 2.60 bits per heavy atom. The lowest BCUT2D eigenvalue weighted by molar-refractivity contribution is -0.141. The summed E-state index contributed by atoms with van der Waals surface area (Å²) in [4.78, 5) is 11.4. The number of halogens is 3. The van der Waals surface area contributed by atoms with Gasteiger partial charge in [-0.2, -0.15) is 13.2 Å². The molecule has 0 aromatic carbocycles. The van der Waals surface area contributed by atoms with Crippen LogP contribution in [0.1, 0.15) is 17.1 Å². The van der Waals surface area contributed by atoms with Gasteiger partial charge in [0.05, 0.1) is 12.2 Å². The average Bonchev–Trinajstić information content (AvgIpc) is 2.35. The van der Waals surface area contributed by atoms with Crippen LogP contribution in [0.5, 0.6) is 0 Å². The number of pyridine rings is 1. The van der Waals surface area contributed by atoms with E-state index in [9.17, 15) is 13.2 Å². The minimum atomic E-state index is -4.50. The normalized spacial score (nSPS) is 11.4. The Hall–Kier alpha value is -2.38. The highest BCUT2D eigenvalue weighted by atomic mass is 19.4. The molecule has 5 nitrogen and oxygen atoms in total. The van der Waals surface area contributed by atoms with Crippen LogP contribution in [0.15, 0.2) is 24.3 Å². The van der Waals surface area contributed by atoms with Crippen molar-refractivity contribution in [2.24, 2.45) is 0 Å². The smallest absolute Gasteiger partial charge is 0.384 e. The van der Waals surface area contributed by atoms with E-state index in [1.165, 1.54) is 6.92 Å². The Morgan fingerprint density at radius 1 is 1.20 bits per heavy atom. The number of nitrogens with zero attached hydrogens (tertiary/aromatic N) is 3. The van der Waals surface area contributed by atoms with E-state index in [-0.39, 0.29) is 18.2 Å². The molecule has 0 amide bonds. The summed E-state index contributed by atoms with van der Waals surface area (Å²) in [6.07, 6.45) is -4.50. The maximum Gasteiger partial charge on any atom is 0.433 e. The number of nitrogens with one attached hydrogen (secondary N) is 1. The average molecular weight is 283 g/mol. The van der Waals surface area contributed by atoms with E-state index in [0.717, 1.165) is 6.07 Å². The highest BCUT2D eigenvalue weighted by molar-refractivity contribution is 5.32. The highest BCUT2D eigenvalue weighted by Gasteiger charge is 2.33. The van der Waals surface area contributed by atoms with Crippen molar-refractivity contribution in [1.82, 2.24) is 15.0 Å². The molecule has 0 radical (unpaired) electrons. The van der Waals surface area contributed by atoms with Crippen molar-refractivity contribution in [2.45, 2.75) is 19.6 Å². The second kappa shape index (κ2) is 5.32. The van der Waals surface area contributed by atoms with Gasteiger partial charge in [-0.15, -0.1) is 0 Å². The number of aryl methyl sites for hydroxylation is 1. The Labute approximate surface area is 113 Å². The molecule has 0 saturated heterocycles. The molecule has 20 heavy (non-hydrogen) atoms. The molecule has 0 aliphatic rings. The number of anilines is 2. The first-order chi connectivity index (χ1) is 9.34. The van der Waals surface area contributed by atoms with Crippen molar-refractivity contribution in [3.63, 3.8) is 0 Å². The monoisotopic (exact) mass is 283 g/mol. The minimum Gasteiger partial charge on any atom is -0.384 e. The van der Waals surface area contributed by atoms with Crippen molar-refractivity contribution in [2.75, 3.05) is 11.1 Å². The molecule has 8 heteroatoms. The summed E-state index contributed by atoms with van der Waals surface area (Å²) >= 11 is 0. The third kappa shape index (κ3) is 3.56. The van der Waals surface area contributed by atoms with E-state index in [1.807, 2.05) is 0 Å². The van der Waals surface area contributed by atoms with Crippen LogP contribution in [0, 0.1) is 6.92 Å². The predicted molar refractivity (Wildman–Crippen MR) is 67.7 cm³/mol. The molecule has 0 spiro atoms. The minimum absolute atomic E-state index is 0.0958. The quantitative estimate of drug-likeness (QED) is 0.904. The van der Waals surface area contributed by atoms with Crippen LogP contribution in [0.4, 0.5) is 24.9 Å². The molecule has 106 valence electrons. The molecule has 3 N–H and O–H groups in total. The number of nitrogen functional groups attached to an aromatic ring is 1. The summed E-state index contributed by atoms with van der Waals surface area (Å²) in [6, 6.07) is 5.92. The third-order valence-corrected chi connectivity index (χ3v) is 2.40. The summed E-state index contributed by atoms with van der Waals surface area (Å²) in [6.45, 7) is 1.66. The zero-order valence-electron chi connectivity index (χ0n) is 10.6. The van der Waals surface area contributed by atoms with Crippen LogP contribution < -0.4 is 11.1 Å². The molecule has 0 unspecified atom stereocenters. The SMILES string of the molecule is Cc1cc(C(F)(F)F)nc(NCc2cccc(N)n2)n1. The molecule has 0 saturated carbocycles. The van der Waals surface area contributed by atoms with Crippen molar-refractivity contribution in [1.29, 1.82) is 0 Å². The van der Waals surface area contributed by atoms with E-state index < -0.39 is 11.9 Å². The molecular formula is C12H12F3N5. The number of hydrogen-bond donors (Lipinski definition) is 2. The summed E-state index contributed by atoms with van der Waals surface area (Å²) in [7, 11) is 0. The van der Waals surface area contributed by atoms with Gasteiger partial charge in [0, 0.05) is 5.69 Å². The summed E-state index contributed by atoms with van der Waals surface area (Å²) in [5.74, 6) is 0.243. The first-order valence-electron chi connectivity index (χ1n) is 5.73. The lowest BCUT2D eigenvalue weighted by Gasteiger charge is -2.10. The van der Waals surface area contributed by atoms with Gasteiger partial charge in [-0.3, -0.25) is 0 Å². The topological polar surface area (TPSA) is 76.7 Å². The van der Waals surface area contributed by atoms with E-state index in [1.54, 1.807) is 18.2 Å². The molecule has 0 aliphatic heterocycles. The standard InChI is InChI=1S/C12H12F3N5/c1-7-5-9(12(13,14)15)20-11(18-7)17-6-8-3-2-4-10(16)19-8/h2-5H,6H2,1H3,(H2,16,19)(H,17,18,20). The molecule has 2 heterocycles. The second-order valence-electron chi connectivity index (χ2n) is 4.12. The Kier molecular flexibility index (Phi) is 3.73. The first-order valence-corrected chi connectivity index (χ1v) is 5.73. The van der Waals surface area contributed by atoms with Gasteiger partial charge in [0.1, 0.15) is 11.5 Å². The first kappa shape index (κ1) is 14.0. The Balaban J connectivity index is 2.16. The largest absolute Gasteiger partial charge is 0.433 e. The van der Waals surface area contributed by atoms with E-state index in [2.05, 4.69) is 20.3 Å². The molecule has 2 aromatic heterocycles. The van der Waals surface area contributed by atoms with E-state index in [4.69, 9.17) is 5.73 Å². The van der Waals surface area contributed by atoms with Gasteiger partial charge in [-0.05, 0) is 25.1 Å². The third-order valence-electron chi connectivity index (χ3n) is 2.40. The van der Waals surface area contributed by atoms with Gasteiger partial charge >= 0.3 is 6.18 Å². The number of rotatable bonds is 3. The fourth-order valence-electron chi connectivity index (χ4n) is 1.56. The lowest BCUT2D eigenvalue weighted by Crippen LogP contribution is -2.13. The molecule has 0 bridgehead atoms. The number of hydrogen-bond acceptors (Lipinski definition) is 5. The van der Waals surface area contributed by atoms with Crippen molar-refractivity contribution < 1.29 is 13.2 Å². The van der Waals surface area contributed by atoms with Gasteiger partial charge in [0.2, 0.25) is 5.95 Å². The molecule has 2 rings (SSSR count). The highest BCUT2D eigenvalue weighted by Crippen LogP contribution is 2.28. The van der Waals surface area contributed by atoms with Crippen molar-refractivity contribution in [3.8, 4) is 0 Å². The van der Waals surface area contributed by atoms with Crippen LogP contribution in [0.25, 0.3) is 0 Å². The van der Waals surface area contributed by atoms with Crippen LogP contribution in [-0.4, -0.2) is 15.0 Å². The van der Waals surface area contributed by atoms with Gasteiger partial charge in [-0.25, -0.2) is 15.0 Å².